The molecular weight excluding hydrogens is 411 g/mol. The fourth-order valence-corrected chi connectivity index (χ4v) is 3.97. The molecule has 146 valence electrons. The Hall–Kier alpha value is -1.96. The predicted molar refractivity (Wildman–Crippen MR) is 109 cm³/mol. The lowest BCUT2D eigenvalue weighted by Gasteiger charge is -2.28. The third kappa shape index (κ3) is 5.51. The lowest BCUT2D eigenvalue weighted by Crippen LogP contribution is -2.45. The summed E-state index contributed by atoms with van der Waals surface area (Å²) < 4.78 is 31.0. The number of hydrogen-bond donors (Lipinski definition) is 1. The molecule has 1 atom stereocenters. The normalized spacial score (nSPS) is 12.3. The smallest absolute Gasteiger partial charge is 0.247 e. The van der Waals surface area contributed by atoms with Crippen molar-refractivity contribution in [2.24, 2.45) is 0 Å². The molecule has 0 aromatic heterocycles. The molecule has 0 bridgehead atoms. The summed E-state index contributed by atoms with van der Waals surface area (Å²) in [6.45, 7) is 3.84. The van der Waals surface area contributed by atoms with E-state index >= 15 is 0 Å². The van der Waals surface area contributed by atoms with Crippen molar-refractivity contribution in [2.45, 2.75) is 19.9 Å². The van der Waals surface area contributed by atoms with E-state index in [2.05, 4.69) is 5.32 Å². The highest BCUT2D eigenvalue weighted by Gasteiger charge is 2.29. The lowest BCUT2D eigenvalue weighted by atomic mass is 10.2. The summed E-state index contributed by atoms with van der Waals surface area (Å²) in [5.74, 6) is 0.104. The van der Waals surface area contributed by atoms with Crippen molar-refractivity contribution in [1.29, 1.82) is 0 Å². The molecule has 0 fully saturated rings. The molecule has 0 aliphatic rings. The first-order valence-corrected chi connectivity index (χ1v) is 10.7. The van der Waals surface area contributed by atoms with Gasteiger partial charge in [-0.25, -0.2) is 8.42 Å². The molecule has 0 saturated heterocycles. The van der Waals surface area contributed by atoms with Crippen LogP contribution in [0.2, 0.25) is 10.0 Å². The maximum absolute atomic E-state index is 12.7. The van der Waals surface area contributed by atoms with Crippen LogP contribution in [0.15, 0.2) is 42.5 Å². The Morgan fingerprint density at radius 2 is 1.89 bits per heavy atom. The molecule has 2 aromatic rings. The molecule has 0 spiro atoms. The van der Waals surface area contributed by atoms with Gasteiger partial charge >= 0.3 is 0 Å². The third-order valence-corrected chi connectivity index (χ3v) is 5.64. The second-order valence-corrected chi connectivity index (χ2v) is 8.46. The van der Waals surface area contributed by atoms with Crippen LogP contribution < -0.4 is 14.4 Å². The molecule has 9 heteroatoms. The number of rotatable bonds is 7. The first-order chi connectivity index (χ1) is 12.6. The standard InChI is InChI=1S/C18H20Cl2N2O4S/c1-4-26-15-7-5-6-13(10-15)21-18(23)12(2)22(27(3,24)25)14-8-9-16(19)17(20)11-14/h5-12H,4H2,1-3H3,(H,21,23)/t12-/m0/s1. The minimum absolute atomic E-state index is 0.194. The van der Waals surface area contributed by atoms with Crippen molar-refractivity contribution in [1.82, 2.24) is 0 Å². The Bertz CT molecular complexity index is 935. The van der Waals surface area contributed by atoms with Crippen LogP contribution in [0.25, 0.3) is 0 Å². The number of ether oxygens (including phenoxy) is 1. The van der Waals surface area contributed by atoms with Crippen molar-refractivity contribution in [3.05, 3.63) is 52.5 Å². The first kappa shape index (κ1) is 21.3. The molecule has 27 heavy (non-hydrogen) atoms. The van der Waals surface area contributed by atoms with Gasteiger partial charge in [-0.3, -0.25) is 9.10 Å². The van der Waals surface area contributed by atoms with Gasteiger partial charge in [-0.2, -0.15) is 0 Å². The highest BCUT2D eigenvalue weighted by atomic mass is 35.5. The number of nitrogens with zero attached hydrogens (tertiary/aromatic N) is 1. The molecule has 1 N–H and O–H groups in total. The van der Waals surface area contributed by atoms with Crippen LogP contribution in [0, 0.1) is 0 Å². The van der Waals surface area contributed by atoms with Gasteiger partial charge in [0.1, 0.15) is 11.8 Å². The van der Waals surface area contributed by atoms with E-state index in [9.17, 15) is 13.2 Å². The van der Waals surface area contributed by atoms with E-state index in [4.69, 9.17) is 27.9 Å². The van der Waals surface area contributed by atoms with Gasteiger partial charge in [0, 0.05) is 11.8 Å². The number of benzene rings is 2. The second-order valence-electron chi connectivity index (χ2n) is 5.78. The van der Waals surface area contributed by atoms with E-state index in [0.29, 0.717) is 23.1 Å². The summed E-state index contributed by atoms with van der Waals surface area (Å²) in [5.41, 5.74) is 0.748. The van der Waals surface area contributed by atoms with Crippen molar-refractivity contribution >= 4 is 50.5 Å². The number of nitrogens with one attached hydrogen (secondary N) is 1. The molecule has 0 unspecified atom stereocenters. The molecule has 0 aliphatic carbocycles. The molecule has 0 heterocycles. The summed E-state index contributed by atoms with van der Waals surface area (Å²) in [6.07, 6.45) is 1.02. The van der Waals surface area contributed by atoms with Crippen molar-refractivity contribution in [2.75, 3.05) is 22.5 Å². The van der Waals surface area contributed by atoms with Crippen LogP contribution in [-0.2, 0) is 14.8 Å². The van der Waals surface area contributed by atoms with E-state index in [0.717, 1.165) is 10.6 Å². The zero-order valence-electron chi connectivity index (χ0n) is 15.1. The number of carbonyl (C=O) groups excluding carboxylic acids is 1. The summed E-state index contributed by atoms with van der Waals surface area (Å²) >= 11 is 11.9. The van der Waals surface area contributed by atoms with E-state index < -0.39 is 22.0 Å². The minimum atomic E-state index is -3.75. The average molecular weight is 431 g/mol. The second kappa shape index (κ2) is 8.82. The monoisotopic (exact) mass is 430 g/mol. The van der Waals surface area contributed by atoms with Gasteiger partial charge < -0.3 is 10.1 Å². The number of hydrogen-bond acceptors (Lipinski definition) is 4. The third-order valence-electron chi connectivity index (χ3n) is 3.66. The predicted octanol–water partition coefficient (Wildman–Crippen LogP) is 4.19. The SMILES string of the molecule is CCOc1cccc(NC(=O)[C@H](C)N(c2ccc(Cl)c(Cl)c2)S(C)(=O)=O)c1. The van der Waals surface area contributed by atoms with E-state index in [1.54, 1.807) is 24.3 Å². The van der Waals surface area contributed by atoms with Crippen molar-refractivity contribution in [3.63, 3.8) is 0 Å². The quantitative estimate of drug-likeness (QED) is 0.714. The first-order valence-electron chi connectivity index (χ1n) is 8.11. The molecule has 1 amide bonds. The van der Waals surface area contributed by atoms with Gasteiger partial charge in [0.15, 0.2) is 0 Å². The maximum atomic E-state index is 12.7. The largest absolute Gasteiger partial charge is 0.494 e. The molecule has 0 aliphatic heterocycles. The Balaban J connectivity index is 2.29. The van der Waals surface area contributed by atoms with Crippen molar-refractivity contribution < 1.29 is 17.9 Å². The van der Waals surface area contributed by atoms with E-state index in [1.165, 1.54) is 25.1 Å². The fraction of sp³-hybridized carbons (Fsp3) is 0.278. The van der Waals surface area contributed by atoms with Gasteiger partial charge in [-0.05, 0) is 44.2 Å². The highest BCUT2D eigenvalue weighted by molar-refractivity contribution is 7.92. The Kier molecular flexibility index (Phi) is 6.97. The number of sulfonamides is 1. The molecule has 6 nitrogen and oxygen atoms in total. The van der Waals surface area contributed by atoms with Crippen LogP contribution in [0.1, 0.15) is 13.8 Å². The van der Waals surface area contributed by atoms with Crippen LogP contribution in [0.5, 0.6) is 5.75 Å². The molecule has 0 saturated carbocycles. The molecule has 0 radical (unpaired) electrons. The molecule has 2 aromatic carbocycles. The Morgan fingerprint density at radius 1 is 1.19 bits per heavy atom. The lowest BCUT2D eigenvalue weighted by molar-refractivity contribution is -0.116. The topological polar surface area (TPSA) is 75.7 Å². The van der Waals surface area contributed by atoms with E-state index in [-0.39, 0.29) is 10.7 Å². The summed E-state index contributed by atoms with van der Waals surface area (Å²) in [7, 11) is -3.75. The number of amides is 1. The fourth-order valence-electron chi connectivity index (χ4n) is 2.51. The van der Waals surface area contributed by atoms with Gasteiger partial charge in [-0.1, -0.05) is 29.3 Å². The molecular formula is C18H20Cl2N2O4S. The van der Waals surface area contributed by atoms with Gasteiger partial charge in [0.25, 0.3) is 0 Å². The summed E-state index contributed by atoms with van der Waals surface area (Å²) in [6, 6.07) is 10.2. The number of halogens is 2. The minimum Gasteiger partial charge on any atom is -0.494 e. The maximum Gasteiger partial charge on any atom is 0.247 e. The van der Waals surface area contributed by atoms with Crippen LogP contribution in [-0.4, -0.2) is 33.2 Å². The Labute approximate surface area is 169 Å². The molecule has 2 rings (SSSR count). The van der Waals surface area contributed by atoms with E-state index in [1.807, 2.05) is 6.92 Å². The number of anilines is 2. The van der Waals surface area contributed by atoms with Crippen LogP contribution >= 0.6 is 23.2 Å². The highest BCUT2D eigenvalue weighted by Crippen LogP contribution is 2.30. The van der Waals surface area contributed by atoms with Gasteiger partial charge in [0.2, 0.25) is 15.9 Å². The Morgan fingerprint density at radius 3 is 2.48 bits per heavy atom. The van der Waals surface area contributed by atoms with Crippen molar-refractivity contribution in [3.8, 4) is 5.75 Å². The summed E-state index contributed by atoms with van der Waals surface area (Å²) in [4.78, 5) is 12.7. The average Bonchev–Trinajstić information content (AvgIpc) is 2.57. The summed E-state index contributed by atoms with van der Waals surface area (Å²) in [5, 5.41) is 3.19. The van der Waals surface area contributed by atoms with Gasteiger partial charge in [-0.15, -0.1) is 0 Å². The van der Waals surface area contributed by atoms with Crippen LogP contribution in [0.3, 0.4) is 0 Å². The van der Waals surface area contributed by atoms with Crippen LogP contribution in [0.4, 0.5) is 11.4 Å². The zero-order valence-corrected chi connectivity index (χ0v) is 17.4. The number of carbonyl (C=O) groups is 1. The zero-order chi connectivity index (χ0) is 20.2. The van der Waals surface area contributed by atoms with Gasteiger partial charge in [0.05, 0.1) is 28.6 Å².